The standard InChI is InChI=1S/C26H34N2O6/c1-17(29)22(28-25(32)34-16-19-9-7-6-8-10-19)23(30)27-21(24(31)33-5)15-18-11-13-20(14-12-18)26(2,3)4/h6-14,17,21-22,29H,15-16H2,1-5H3,(H,27,30)(H,28,32)/t17-,21+,22+/m1/s1. The van der Waals surface area contributed by atoms with Crippen molar-refractivity contribution in [1.82, 2.24) is 10.6 Å². The molecule has 34 heavy (non-hydrogen) atoms. The molecule has 0 aliphatic rings. The zero-order valence-electron chi connectivity index (χ0n) is 20.3. The molecule has 2 aromatic carbocycles. The van der Waals surface area contributed by atoms with Crippen LogP contribution in [0, 0.1) is 0 Å². The number of amides is 2. The number of carbonyl (C=O) groups excluding carboxylic acids is 3. The first-order chi connectivity index (χ1) is 16.0. The van der Waals surface area contributed by atoms with E-state index in [1.807, 2.05) is 42.5 Å². The fourth-order valence-corrected chi connectivity index (χ4v) is 3.27. The molecule has 0 spiro atoms. The van der Waals surface area contributed by atoms with Crippen LogP contribution < -0.4 is 10.6 Å². The van der Waals surface area contributed by atoms with Gasteiger partial charge in [-0.15, -0.1) is 0 Å². The molecule has 0 heterocycles. The minimum absolute atomic E-state index is 0.0101. The number of nitrogens with one attached hydrogen (secondary N) is 2. The Kier molecular flexibility index (Phi) is 9.62. The smallest absolute Gasteiger partial charge is 0.408 e. The molecule has 0 saturated carbocycles. The molecule has 2 amide bonds. The minimum atomic E-state index is -1.32. The summed E-state index contributed by atoms with van der Waals surface area (Å²) in [5.41, 5.74) is 2.73. The summed E-state index contributed by atoms with van der Waals surface area (Å²) in [6, 6.07) is 14.5. The Hall–Kier alpha value is -3.39. The van der Waals surface area contributed by atoms with Gasteiger partial charge in [0.25, 0.3) is 0 Å². The van der Waals surface area contributed by atoms with Crippen LogP contribution in [0.15, 0.2) is 54.6 Å². The number of esters is 1. The van der Waals surface area contributed by atoms with E-state index in [2.05, 4.69) is 31.4 Å². The molecule has 0 radical (unpaired) electrons. The van der Waals surface area contributed by atoms with Crippen LogP contribution in [0.25, 0.3) is 0 Å². The van der Waals surface area contributed by atoms with Crippen LogP contribution in [0.2, 0.25) is 0 Å². The molecule has 0 unspecified atom stereocenters. The van der Waals surface area contributed by atoms with Crippen molar-refractivity contribution in [3.63, 3.8) is 0 Å². The number of rotatable bonds is 9. The highest BCUT2D eigenvalue weighted by atomic mass is 16.5. The molecular weight excluding hydrogens is 436 g/mol. The van der Waals surface area contributed by atoms with Gasteiger partial charge in [-0.3, -0.25) is 4.79 Å². The van der Waals surface area contributed by atoms with Crippen molar-refractivity contribution < 1.29 is 29.0 Å². The fraction of sp³-hybridized carbons (Fsp3) is 0.423. The van der Waals surface area contributed by atoms with Gasteiger partial charge in [0, 0.05) is 6.42 Å². The van der Waals surface area contributed by atoms with E-state index in [1.54, 1.807) is 12.1 Å². The molecule has 0 aromatic heterocycles. The number of carbonyl (C=O) groups is 3. The van der Waals surface area contributed by atoms with Crippen LogP contribution in [-0.4, -0.2) is 48.4 Å². The summed E-state index contributed by atoms with van der Waals surface area (Å²) in [6.45, 7) is 7.69. The molecular formula is C26H34N2O6. The zero-order valence-corrected chi connectivity index (χ0v) is 20.3. The first kappa shape index (κ1) is 26.9. The van der Waals surface area contributed by atoms with Crippen LogP contribution in [0.4, 0.5) is 4.79 Å². The number of aliphatic hydroxyl groups is 1. The molecule has 3 N–H and O–H groups in total. The molecule has 184 valence electrons. The van der Waals surface area contributed by atoms with Gasteiger partial charge in [-0.05, 0) is 29.0 Å². The van der Waals surface area contributed by atoms with Crippen molar-refractivity contribution >= 4 is 18.0 Å². The van der Waals surface area contributed by atoms with Gasteiger partial charge in [0.2, 0.25) is 5.91 Å². The maximum absolute atomic E-state index is 12.9. The molecule has 2 aromatic rings. The lowest BCUT2D eigenvalue weighted by Crippen LogP contribution is -2.56. The lowest BCUT2D eigenvalue weighted by atomic mass is 9.86. The normalized spacial score (nSPS) is 13.8. The van der Waals surface area contributed by atoms with Crippen LogP contribution >= 0.6 is 0 Å². The Morgan fingerprint density at radius 2 is 1.56 bits per heavy atom. The highest BCUT2D eigenvalue weighted by molar-refractivity contribution is 5.90. The highest BCUT2D eigenvalue weighted by Gasteiger charge is 2.31. The number of benzene rings is 2. The van der Waals surface area contributed by atoms with Gasteiger partial charge in [-0.1, -0.05) is 75.4 Å². The number of aliphatic hydroxyl groups excluding tert-OH is 1. The molecule has 0 saturated heterocycles. The second kappa shape index (κ2) is 12.2. The minimum Gasteiger partial charge on any atom is -0.467 e. The van der Waals surface area contributed by atoms with Gasteiger partial charge < -0.3 is 25.2 Å². The molecule has 8 heteroatoms. The maximum atomic E-state index is 12.9. The molecule has 8 nitrogen and oxygen atoms in total. The summed E-state index contributed by atoms with van der Waals surface area (Å²) >= 11 is 0. The monoisotopic (exact) mass is 470 g/mol. The first-order valence-electron chi connectivity index (χ1n) is 11.1. The van der Waals surface area contributed by atoms with Gasteiger partial charge in [-0.25, -0.2) is 9.59 Å². The third-order valence-electron chi connectivity index (χ3n) is 5.31. The number of hydrogen-bond acceptors (Lipinski definition) is 6. The van der Waals surface area contributed by atoms with E-state index in [0.29, 0.717) is 0 Å². The quantitative estimate of drug-likeness (QED) is 0.486. The Morgan fingerprint density at radius 3 is 2.09 bits per heavy atom. The van der Waals surface area contributed by atoms with Crippen LogP contribution in [0.1, 0.15) is 44.4 Å². The van der Waals surface area contributed by atoms with Crippen molar-refractivity contribution in [2.24, 2.45) is 0 Å². The van der Waals surface area contributed by atoms with Crippen LogP contribution in [0.5, 0.6) is 0 Å². The van der Waals surface area contributed by atoms with E-state index in [4.69, 9.17) is 9.47 Å². The third-order valence-corrected chi connectivity index (χ3v) is 5.31. The Bertz CT molecular complexity index is 952. The van der Waals surface area contributed by atoms with Crippen molar-refractivity contribution in [3.8, 4) is 0 Å². The van der Waals surface area contributed by atoms with Crippen LogP contribution in [0.3, 0.4) is 0 Å². The van der Waals surface area contributed by atoms with Crippen molar-refractivity contribution in [2.45, 2.75) is 64.3 Å². The van der Waals surface area contributed by atoms with Crippen molar-refractivity contribution in [2.75, 3.05) is 7.11 Å². The van der Waals surface area contributed by atoms with Crippen LogP contribution in [-0.2, 0) is 37.5 Å². The predicted molar refractivity (Wildman–Crippen MR) is 128 cm³/mol. The number of ether oxygens (including phenoxy) is 2. The van der Waals surface area contributed by atoms with E-state index in [9.17, 15) is 19.5 Å². The summed E-state index contributed by atoms with van der Waals surface area (Å²) in [6.07, 6.45) is -1.90. The second-order valence-electron chi connectivity index (χ2n) is 9.16. The topological polar surface area (TPSA) is 114 Å². The van der Waals surface area contributed by atoms with E-state index in [-0.39, 0.29) is 18.4 Å². The number of hydrogen-bond donors (Lipinski definition) is 3. The lowest BCUT2D eigenvalue weighted by molar-refractivity contribution is -0.145. The summed E-state index contributed by atoms with van der Waals surface area (Å²) < 4.78 is 9.98. The molecule has 3 atom stereocenters. The SMILES string of the molecule is COC(=O)[C@H](Cc1ccc(C(C)(C)C)cc1)NC(=O)[C@@H](NC(=O)OCc1ccccc1)[C@@H](C)O. The number of alkyl carbamates (subject to hydrolysis) is 1. The Labute approximate surface area is 200 Å². The van der Waals surface area contributed by atoms with Crippen molar-refractivity contribution in [1.29, 1.82) is 0 Å². The number of methoxy groups -OCH3 is 1. The van der Waals surface area contributed by atoms with E-state index in [1.165, 1.54) is 14.0 Å². The average molecular weight is 471 g/mol. The second-order valence-corrected chi connectivity index (χ2v) is 9.16. The van der Waals surface area contributed by atoms with Crippen molar-refractivity contribution in [3.05, 3.63) is 71.3 Å². The first-order valence-corrected chi connectivity index (χ1v) is 11.1. The summed E-state index contributed by atoms with van der Waals surface area (Å²) in [4.78, 5) is 37.4. The fourth-order valence-electron chi connectivity index (χ4n) is 3.27. The summed E-state index contributed by atoms with van der Waals surface area (Å²) in [7, 11) is 1.23. The molecule has 2 rings (SSSR count). The van der Waals surface area contributed by atoms with Gasteiger partial charge in [0.05, 0.1) is 13.2 Å². The third kappa shape index (κ3) is 8.19. The Morgan fingerprint density at radius 1 is 0.941 bits per heavy atom. The van der Waals surface area contributed by atoms with Gasteiger partial charge in [-0.2, -0.15) is 0 Å². The van der Waals surface area contributed by atoms with Gasteiger partial charge in [0.1, 0.15) is 18.7 Å². The molecule has 0 fully saturated rings. The summed E-state index contributed by atoms with van der Waals surface area (Å²) in [5.74, 6) is -1.36. The van der Waals surface area contributed by atoms with E-state index < -0.39 is 36.2 Å². The highest BCUT2D eigenvalue weighted by Crippen LogP contribution is 2.22. The summed E-state index contributed by atoms with van der Waals surface area (Å²) in [5, 5.41) is 15.0. The lowest BCUT2D eigenvalue weighted by Gasteiger charge is -2.24. The van der Waals surface area contributed by atoms with E-state index in [0.717, 1.165) is 16.7 Å². The zero-order chi connectivity index (χ0) is 25.3. The Balaban J connectivity index is 2.04. The molecule has 0 aliphatic heterocycles. The maximum Gasteiger partial charge on any atom is 0.408 e. The average Bonchev–Trinajstić information content (AvgIpc) is 2.80. The molecule has 0 bridgehead atoms. The van der Waals surface area contributed by atoms with Gasteiger partial charge >= 0.3 is 12.1 Å². The molecule has 0 aliphatic carbocycles. The van der Waals surface area contributed by atoms with Gasteiger partial charge in [0.15, 0.2) is 0 Å². The largest absolute Gasteiger partial charge is 0.467 e. The predicted octanol–water partition coefficient (Wildman–Crippen LogP) is 2.86. The van der Waals surface area contributed by atoms with E-state index >= 15 is 0 Å².